The fraction of sp³-hybridized carbons (Fsp3) is 0.476. The Labute approximate surface area is 178 Å². The maximum atomic E-state index is 12.7. The van der Waals surface area contributed by atoms with E-state index >= 15 is 0 Å². The van der Waals surface area contributed by atoms with Crippen molar-refractivity contribution in [2.45, 2.75) is 43.6 Å². The van der Waals surface area contributed by atoms with E-state index in [-0.39, 0.29) is 29.8 Å². The van der Waals surface area contributed by atoms with Gasteiger partial charge in [0.2, 0.25) is 0 Å². The maximum absolute atomic E-state index is 12.7. The van der Waals surface area contributed by atoms with Gasteiger partial charge in [-0.2, -0.15) is 5.10 Å². The third kappa shape index (κ3) is 5.36. The molecule has 1 aromatic heterocycles. The Morgan fingerprint density at radius 3 is 2.71 bits per heavy atom. The highest BCUT2D eigenvalue weighted by Gasteiger charge is 2.41. The number of urea groups is 1. The molecule has 2 heterocycles. The first-order valence-corrected chi connectivity index (χ1v) is 10.2. The lowest BCUT2D eigenvalue weighted by molar-refractivity contribution is -0.274. The van der Waals surface area contributed by atoms with Gasteiger partial charge in [-0.05, 0) is 49.1 Å². The first kappa shape index (κ1) is 21.2. The zero-order valence-electron chi connectivity index (χ0n) is 17.0. The van der Waals surface area contributed by atoms with Crippen molar-refractivity contribution in [3.63, 3.8) is 0 Å². The van der Waals surface area contributed by atoms with Crippen molar-refractivity contribution in [3.8, 4) is 5.75 Å². The van der Waals surface area contributed by atoms with E-state index in [1.54, 1.807) is 30.3 Å². The minimum absolute atomic E-state index is 0.0241. The summed E-state index contributed by atoms with van der Waals surface area (Å²) in [5, 5.41) is 11.1. The monoisotopic (exact) mass is 435 g/mol. The molecule has 2 aliphatic rings. The van der Waals surface area contributed by atoms with E-state index in [1.165, 1.54) is 12.1 Å². The number of anilines is 1. The number of amides is 2. The van der Waals surface area contributed by atoms with Gasteiger partial charge < -0.3 is 19.9 Å². The SMILES string of the molecule is CN(C(=O)N[C@H]1C[C@@H]1c1ccc(OC(F)(F)F)cc1)[C@@H]1CCCN(c2cccnn2)C1. The standard InChI is InChI=1S/C21H24F3N5O2/c1-28(15-4-3-11-29(13-15)19-5-2-10-25-27-19)20(30)26-18-12-17(18)14-6-8-16(9-7-14)31-21(22,23)24/h2,5-10,15,17-18H,3-4,11-13H2,1H3,(H,26,30)/t15-,17-,18+/m1/s1. The predicted octanol–water partition coefficient (Wildman–Crippen LogP) is 3.54. The van der Waals surface area contributed by atoms with Crippen LogP contribution in [0, 0.1) is 0 Å². The molecule has 0 unspecified atom stereocenters. The summed E-state index contributed by atoms with van der Waals surface area (Å²) in [4.78, 5) is 16.6. The lowest BCUT2D eigenvalue weighted by atomic mass is 10.0. The molecule has 31 heavy (non-hydrogen) atoms. The summed E-state index contributed by atoms with van der Waals surface area (Å²) in [6.45, 7) is 1.57. The van der Waals surface area contributed by atoms with Crippen LogP contribution in [0.5, 0.6) is 5.75 Å². The van der Waals surface area contributed by atoms with Crippen LogP contribution in [0.3, 0.4) is 0 Å². The summed E-state index contributed by atoms with van der Waals surface area (Å²) in [6.07, 6.45) is -0.445. The Bertz CT molecular complexity index is 894. The van der Waals surface area contributed by atoms with Crippen molar-refractivity contribution in [3.05, 3.63) is 48.2 Å². The van der Waals surface area contributed by atoms with Crippen LogP contribution in [0.1, 0.15) is 30.7 Å². The molecule has 0 radical (unpaired) electrons. The first-order valence-electron chi connectivity index (χ1n) is 10.2. The number of nitrogens with zero attached hydrogens (tertiary/aromatic N) is 4. The second-order valence-electron chi connectivity index (χ2n) is 7.95. The van der Waals surface area contributed by atoms with Crippen LogP contribution < -0.4 is 15.0 Å². The first-order chi connectivity index (χ1) is 14.8. The van der Waals surface area contributed by atoms with E-state index in [1.807, 2.05) is 12.1 Å². The van der Waals surface area contributed by atoms with Crippen LogP contribution in [0.15, 0.2) is 42.6 Å². The number of hydrogen-bond donors (Lipinski definition) is 1. The van der Waals surface area contributed by atoms with Crippen LogP contribution >= 0.6 is 0 Å². The van der Waals surface area contributed by atoms with Crippen molar-refractivity contribution < 1.29 is 22.7 Å². The zero-order valence-corrected chi connectivity index (χ0v) is 17.0. The number of alkyl halides is 3. The Kier molecular flexibility index (Phi) is 5.88. The molecule has 2 fully saturated rings. The lowest BCUT2D eigenvalue weighted by Gasteiger charge is -2.38. The minimum Gasteiger partial charge on any atom is -0.406 e. The average Bonchev–Trinajstić information content (AvgIpc) is 3.52. The topological polar surface area (TPSA) is 70.6 Å². The van der Waals surface area contributed by atoms with Gasteiger partial charge in [-0.1, -0.05) is 12.1 Å². The van der Waals surface area contributed by atoms with Crippen LogP contribution in [0.2, 0.25) is 0 Å². The lowest BCUT2D eigenvalue weighted by Crippen LogP contribution is -2.52. The highest BCUT2D eigenvalue weighted by Crippen LogP contribution is 2.41. The van der Waals surface area contributed by atoms with Gasteiger partial charge in [-0.15, -0.1) is 18.3 Å². The molecule has 1 aliphatic carbocycles. The van der Waals surface area contributed by atoms with Gasteiger partial charge in [0, 0.05) is 38.3 Å². The van der Waals surface area contributed by atoms with Crippen molar-refractivity contribution in [2.75, 3.05) is 25.0 Å². The number of aromatic nitrogens is 2. The number of rotatable bonds is 5. The number of carbonyl (C=O) groups excluding carboxylic acids is 1. The summed E-state index contributed by atoms with van der Waals surface area (Å²) >= 11 is 0. The molecule has 166 valence electrons. The van der Waals surface area contributed by atoms with Crippen LogP contribution in [0.25, 0.3) is 0 Å². The summed E-state index contributed by atoms with van der Waals surface area (Å²) in [5.41, 5.74) is 0.883. The number of hydrogen-bond acceptors (Lipinski definition) is 5. The molecular formula is C21H24F3N5O2. The minimum atomic E-state index is -4.70. The van der Waals surface area contributed by atoms with Gasteiger partial charge in [0.25, 0.3) is 0 Å². The van der Waals surface area contributed by atoms with Crippen LogP contribution in [-0.4, -0.2) is 59.7 Å². The van der Waals surface area contributed by atoms with Crippen molar-refractivity contribution in [1.29, 1.82) is 0 Å². The molecule has 1 saturated carbocycles. The largest absolute Gasteiger partial charge is 0.573 e. The summed E-state index contributed by atoms with van der Waals surface area (Å²) in [7, 11) is 1.79. The average molecular weight is 435 g/mol. The number of likely N-dealkylation sites (N-methyl/N-ethyl adjacent to an activating group) is 1. The fourth-order valence-corrected chi connectivity index (χ4v) is 4.01. The molecule has 2 aromatic rings. The van der Waals surface area contributed by atoms with E-state index in [0.717, 1.165) is 37.2 Å². The second-order valence-corrected chi connectivity index (χ2v) is 7.95. The smallest absolute Gasteiger partial charge is 0.406 e. The second kappa shape index (κ2) is 8.60. The molecule has 4 rings (SSSR count). The van der Waals surface area contributed by atoms with Crippen molar-refractivity contribution in [1.82, 2.24) is 20.4 Å². The molecule has 7 nitrogen and oxygen atoms in total. The van der Waals surface area contributed by atoms with Crippen LogP contribution in [0.4, 0.5) is 23.8 Å². The van der Waals surface area contributed by atoms with Gasteiger partial charge >= 0.3 is 12.4 Å². The number of piperidine rings is 1. The van der Waals surface area contributed by atoms with Gasteiger partial charge in [0.05, 0.1) is 6.04 Å². The van der Waals surface area contributed by atoms with E-state index in [2.05, 4.69) is 25.2 Å². The number of benzene rings is 1. The fourth-order valence-electron chi connectivity index (χ4n) is 4.01. The highest BCUT2D eigenvalue weighted by molar-refractivity contribution is 5.75. The molecule has 0 spiro atoms. The number of nitrogens with one attached hydrogen (secondary N) is 1. The zero-order chi connectivity index (χ0) is 22.0. The molecule has 0 bridgehead atoms. The quantitative estimate of drug-likeness (QED) is 0.778. The Morgan fingerprint density at radius 2 is 2.03 bits per heavy atom. The molecular weight excluding hydrogens is 411 g/mol. The normalized spacial score (nSPS) is 23.2. The Balaban J connectivity index is 1.29. The molecule has 10 heteroatoms. The van der Waals surface area contributed by atoms with Gasteiger partial charge in [0.15, 0.2) is 5.82 Å². The molecule has 1 N–H and O–H groups in total. The summed E-state index contributed by atoms with van der Waals surface area (Å²) in [6, 6.07) is 9.48. The summed E-state index contributed by atoms with van der Waals surface area (Å²) in [5.74, 6) is 0.656. The molecule has 1 saturated heterocycles. The Hall–Kier alpha value is -3.04. The third-order valence-corrected chi connectivity index (χ3v) is 5.79. The summed E-state index contributed by atoms with van der Waals surface area (Å²) < 4.78 is 40.8. The molecule has 1 aromatic carbocycles. The molecule has 3 atom stereocenters. The Morgan fingerprint density at radius 1 is 1.26 bits per heavy atom. The van der Waals surface area contributed by atoms with E-state index < -0.39 is 6.36 Å². The van der Waals surface area contributed by atoms with Crippen molar-refractivity contribution in [2.24, 2.45) is 0 Å². The molecule has 2 amide bonds. The predicted molar refractivity (Wildman–Crippen MR) is 108 cm³/mol. The number of carbonyl (C=O) groups is 1. The van der Waals surface area contributed by atoms with Gasteiger partial charge in [0.1, 0.15) is 5.75 Å². The molecule has 1 aliphatic heterocycles. The van der Waals surface area contributed by atoms with Crippen LogP contribution in [-0.2, 0) is 0 Å². The van der Waals surface area contributed by atoms with Gasteiger partial charge in [-0.25, -0.2) is 4.79 Å². The van der Waals surface area contributed by atoms with Crippen molar-refractivity contribution >= 4 is 11.8 Å². The van der Waals surface area contributed by atoms with E-state index in [0.29, 0.717) is 6.54 Å². The number of ether oxygens (including phenoxy) is 1. The highest BCUT2D eigenvalue weighted by atomic mass is 19.4. The third-order valence-electron chi connectivity index (χ3n) is 5.79. The van der Waals surface area contributed by atoms with E-state index in [4.69, 9.17) is 0 Å². The van der Waals surface area contributed by atoms with Gasteiger partial charge in [-0.3, -0.25) is 0 Å². The maximum Gasteiger partial charge on any atom is 0.573 e. The van der Waals surface area contributed by atoms with E-state index in [9.17, 15) is 18.0 Å². The number of halogens is 3.